The molecule has 0 aliphatic heterocycles. The molecule has 0 aliphatic carbocycles. The molecule has 2 atom stereocenters. The summed E-state index contributed by atoms with van der Waals surface area (Å²) in [5, 5.41) is 0. The fourth-order valence-electron chi connectivity index (χ4n) is 4.65. The van der Waals surface area contributed by atoms with Gasteiger partial charge in [-0.05, 0) is 116 Å². The first-order valence-corrected chi connectivity index (χ1v) is 31.4. The summed E-state index contributed by atoms with van der Waals surface area (Å²) in [5.74, 6) is 0.836. The van der Waals surface area contributed by atoms with Gasteiger partial charge in [0.15, 0.2) is 33.3 Å². The lowest BCUT2D eigenvalue weighted by Gasteiger charge is -2.40. The Labute approximate surface area is 213 Å². The van der Waals surface area contributed by atoms with Gasteiger partial charge in [0.25, 0.3) is 0 Å². The molecule has 0 heterocycles. The summed E-state index contributed by atoms with van der Waals surface area (Å²) in [7, 11) is -11.2. The van der Waals surface area contributed by atoms with Crippen molar-refractivity contribution in [3.8, 4) is 0 Å². The third-order valence-corrected chi connectivity index (χ3v) is 23.9. The van der Waals surface area contributed by atoms with E-state index < -0.39 is 50.4 Å². The molecule has 0 fully saturated rings. The number of hydrogen-bond donors (Lipinski definition) is 0. The Morgan fingerprint density at radius 3 is 0.818 bits per heavy atom. The van der Waals surface area contributed by atoms with E-state index in [0.29, 0.717) is 11.8 Å². The van der Waals surface area contributed by atoms with Crippen molar-refractivity contribution in [3.63, 3.8) is 0 Å². The van der Waals surface area contributed by atoms with Crippen molar-refractivity contribution in [2.24, 2.45) is 11.8 Å². The first-order chi connectivity index (χ1) is 14.3. The van der Waals surface area contributed by atoms with Crippen LogP contribution in [0.4, 0.5) is 0 Å². The van der Waals surface area contributed by atoms with Gasteiger partial charge in [0.05, 0.1) is 0 Å². The topological polar surface area (TPSA) is 46.2 Å². The molecule has 0 spiro atoms. The van der Waals surface area contributed by atoms with Crippen LogP contribution in [0.3, 0.4) is 0 Å². The molecule has 0 bridgehead atoms. The van der Waals surface area contributed by atoms with Gasteiger partial charge in [0, 0.05) is 13.2 Å². The van der Waals surface area contributed by atoms with Gasteiger partial charge in [0.1, 0.15) is 0 Å². The minimum absolute atomic E-state index is 0.418. The smallest absolute Gasteiger partial charge is 0.314 e. The minimum atomic E-state index is -2.23. The van der Waals surface area contributed by atoms with Crippen molar-refractivity contribution in [2.45, 2.75) is 118 Å². The highest BCUT2D eigenvalue weighted by molar-refractivity contribution is 6.88. The zero-order valence-electron chi connectivity index (χ0n) is 25.0. The molecule has 0 aromatic rings. The van der Waals surface area contributed by atoms with Crippen molar-refractivity contribution >= 4 is 50.4 Å². The quantitative estimate of drug-likeness (QED) is 0.177. The van der Waals surface area contributed by atoms with Crippen LogP contribution in [-0.4, -0.2) is 63.6 Å². The molecule has 0 saturated carbocycles. The average molecular weight is 571 g/mol. The van der Waals surface area contributed by atoms with Crippen LogP contribution in [-0.2, 0) is 21.2 Å². The van der Waals surface area contributed by atoms with E-state index in [0.717, 1.165) is 25.3 Å². The van der Waals surface area contributed by atoms with E-state index in [9.17, 15) is 0 Å². The number of hydrogen-bond acceptors (Lipinski definition) is 5. The van der Waals surface area contributed by atoms with Crippen molar-refractivity contribution in [1.82, 2.24) is 0 Å². The summed E-state index contributed by atoms with van der Waals surface area (Å²) in [6.07, 6.45) is 0. The lowest BCUT2D eigenvalue weighted by atomic mass is 10.2. The molecule has 0 N–H and O–H groups in total. The molecule has 0 saturated heterocycles. The molecule has 0 amide bonds. The Bertz CT molecular complexity index is 496. The zero-order chi connectivity index (χ0) is 26.5. The van der Waals surface area contributed by atoms with Crippen LogP contribution in [0.15, 0.2) is 0 Å². The number of rotatable bonds is 16. The summed E-state index contributed by atoms with van der Waals surface area (Å²) < 4.78 is 32.9. The molecule has 11 heteroatoms. The summed E-state index contributed by atoms with van der Waals surface area (Å²) in [5.41, 5.74) is 0. The van der Waals surface area contributed by atoms with E-state index >= 15 is 0 Å². The highest BCUT2D eigenvalue weighted by atomic mass is 28.5. The summed E-state index contributed by atoms with van der Waals surface area (Å²) in [4.78, 5) is 0. The Hall–Kier alpha value is 1.10. The average Bonchev–Trinajstić information content (AvgIpc) is 2.36. The number of ether oxygens (including phenoxy) is 1. The lowest BCUT2D eigenvalue weighted by Crippen LogP contribution is -2.53. The summed E-state index contributed by atoms with van der Waals surface area (Å²) >= 11 is 0. The van der Waals surface area contributed by atoms with Crippen molar-refractivity contribution in [1.29, 1.82) is 0 Å². The molecule has 0 aromatic carbocycles. The molecule has 200 valence electrons. The first kappa shape index (κ1) is 34.1. The van der Waals surface area contributed by atoms with E-state index in [-0.39, 0.29) is 0 Å². The molecule has 33 heavy (non-hydrogen) atoms. The van der Waals surface area contributed by atoms with E-state index in [4.69, 9.17) is 21.2 Å². The second-order valence-corrected chi connectivity index (χ2v) is 39.8. The highest BCUT2D eigenvalue weighted by Gasteiger charge is 2.42. The molecular weight excluding hydrogens is 513 g/mol. The summed E-state index contributed by atoms with van der Waals surface area (Å²) in [6.45, 7) is 37.8. The SMILES string of the molecule is CC(COCC(C)C[Si](C)(O[Si](C)(C)C)O[Si](C)(C)C)C[Si](C)(O[Si](C)(C)C)O[Si](C)(C)C. The minimum Gasteiger partial charge on any atom is -0.437 e. The van der Waals surface area contributed by atoms with Crippen LogP contribution in [0.5, 0.6) is 0 Å². The van der Waals surface area contributed by atoms with E-state index in [1.807, 2.05) is 0 Å². The van der Waals surface area contributed by atoms with Crippen molar-refractivity contribution in [2.75, 3.05) is 13.2 Å². The normalized spacial score (nSPS) is 16.7. The summed E-state index contributed by atoms with van der Waals surface area (Å²) in [6, 6.07) is 1.97. The largest absolute Gasteiger partial charge is 0.437 e. The van der Waals surface area contributed by atoms with E-state index in [2.05, 4.69) is 106 Å². The lowest BCUT2D eigenvalue weighted by molar-refractivity contribution is 0.0846. The molecule has 2 unspecified atom stereocenters. The molecule has 0 rings (SSSR count). The van der Waals surface area contributed by atoms with Crippen LogP contribution >= 0.6 is 0 Å². The fraction of sp³-hybridized carbons (Fsp3) is 1.00. The van der Waals surface area contributed by atoms with Crippen LogP contribution < -0.4 is 0 Å². The molecular formula is C22H58O5Si6. The van der Waals surface area contributed by atoms with Crippen LogP contribution in [0.2, 0.25) is 104 Å². The van der Waals surface area contributed by atoms with Crippen LogP contribution in [0.25, 0.3) is 0 Å². The van der Waals surface area contributed by atoms with Crippen LogP contribution in [0.1, 0.15) is 13.8 Å². The molecule has 5 nitrogen and oxygen atoms in total. The van der Waals surface area contributed by atoms with Gasteiger partial charge < -0.3 is 21.2 Å². The van der Waals surface area contributed by atoms with Gasteiger partial charge in [-0.2, -0.15) is 0 Å². The Balaban J connectivity index is 4.97. The molecule has 0 aliphatic rings. The van der Waals surface area contributed by atoms with Gasteiger partial charge in [-0.15, -0.1) is 0 Å². The second kappa shape index (κ2) is 12.6. The fourth-order valence-corrected chi connectivity index (χ4v) is 30.6. The van der Waals surface area contributed by atoms with Gasteiger partial charge in [-0.3, -0.25) is 0 Å². The Morgan fingerprint density at radius 1 is 0.424 bits per heavy atom. The van der Waals surface area contributed by atoms with Crippen molar-refractivity contribution < 1.29 is 21.2 Å². The van der Waals surface area contributed by atoms with Gasteiger partial charge in [0.2, 0.25) is 0 Å². The Kier molecular flexibility index (Phi) is 13.0. The molecule has 0 radical (unpaired) electrons. The second-order valence-electron chi connectivity index (χ2n) is 14.3. The maximum atomic E-state index is 6.67. The monoisotopic (exact) mass is 570 g/mol. The standard InChI is InChI=1S/C22H58O5Si6/c1-21(19-32(15,24-28(3,4)5)25-29(6,7)8)17-23-18-22(2)20-33(16,26-30(9,10)11)27-31(12,13)14/h21-22H,17-20H2,1-16H3. The maximum absolute atomic E-state index is 6.67. The zero-order valence-corrected chi connectivity index (χ0v) is 31.0. The predicted molar refractivity (Wildman–Crippen MR) is 160 cm³/mol. The van der Waals surface area contributed by atoms with Crippen molar-refractivity contribution in [3.05, 3.63) is 0 Å². The van der Waals surface area contributed by atoms with Gasteiger partial charge in [-0.25, -0.2) is 0 Å². The third kappa shape index (κ3) is 19.0. The van der Waals surface area contributed by atoms with Gasteiger partial charge >= 0.3 is 17.1 Å². The third-order valence-electron chi connectivity index (χ3n) is 4.33. The molecule has 0 aromatic heterocycles. The highest BCUT2D eigenvalue weighted by Crippen LogP contribution is 2.29. The van der Waals surface area contributed by atoms with E-state index in [1.165, 1.54) is 0 Å². The maximum Gasteiger partial charge on any atom is 0.314 e. The van der Waals surface area contributed by atoms with E-state index in [1.54, 1.807) is 0 Å². The predicted octanol–water partition coefficient (Wildman–Crippen LogP) is 7.83. The first-order valence-electron chi connectivity index (χ1n) is 12.7. The Morgan fingerprint density at radius 2 is 0.636 bits per heavy atom. The van der Waals surface area contributed by atoms with Crippen LogP contribution in [0, 0.1) is 11.8 Å². The van der Waals surface area contributed by atoms with Gasteiger partial charge in [-0.1, -0.05) is 13.8 Å².